The van der Waals surface area contributed by atoms with E-state index in [0.29, 0.717) is 5.92 Å². The van der Waals surface area contributed by atoms with Gasteiger partial charge >= 0.3 is 0 Å². The van der Waals surface area contributed by atoms with Gasteiger partial charge in [0.25, 0.3) is 0 Å². The molecule has 3 rings (SSSR count). The lowest BCUT2D eigenvalue weighted by atomic mass is 10.2. The number of halogens is 1. The Bertz CT molecular complexity index is 553. The van der Waals surface area contributed by atoms with Crippen molar-refractivity contribution in [2.45, 2.75) is 39.2 Å². The maximum atomic E-state index is 13.3. The van der Waals surface area contributed by atoms with Crippen LogP contribution in [0.15, 0.2) is 18.2 Å². The molecule has 17 heavy (non-hydrogen) atoms. The highest BCUT2D eigenvalue weighted by Gasteiger charge is 2.25. The average Bonchev–Trinajstić information content (AvgIpc) is 3.01. The monoisotopic (exact) mass is 232 g/mol. The molecule has 0 saturated heterocycles. The van der Waals surface area contributed by atoms with Crippen LogP contribution < -0.4 is 0 Å². The minimum Gasteiger partial charge on any atom is -0.327 e. The predicted molar refractivity (Wildman–Crippen MR) is 66.5 cm³/mol. The van der Waals surface area contributed by atoms with Crippen molar-refractivity contribution < 1.29 is 4.39 Å². The summed E-state index contributed by atoms with van der Waals surface area (Å²) in [6.45, 7) is 5.27. The quantitative estimate of drug-likeness (QED) is 0.788. The SMILES string of the molecule is CC(C)c1nc2ccc(F)cc2n1CC1CC1. The second-order valence-electron chi connectivity index (χ2n) is 5.31. The summed E-state index contributed by atoms with van der Waals surface area (Å²) < 4.78 is 15.5. The molecule has 0 atom stereocenters. The Hall–Kier alpha value is -1.38. The van der Waals surface area contributed by atoms with E-state index >= 15 is 0 Å². The van der Waals surface area contributed by atoms with Crippen molar-refractivity contribution >= 4 is 11.0 Å². The smallest absolute Gasteiger partial charge is 0.125 e. The standard InChI is InChI=1S/C14H17FN2/c1-9(2)14-16-12-6-5-11(15)7-13(12)17(14)8-10-3-4-10/h5-7,9-10H,3-4,8H2,1-2H3. The number of imidazole rings is 1. The molecule has 0 radical (unpaired) electrons. The lowest BCUT2D eigenvalue weighted by Gasteiger charge is -2.10. The Morgan fingerprint density at radius 2 is 2.18 bits per heavy atom. The van der Waals surface area contributed by atoms with Gasteiger partial charge in [0.2, 0.25) is 0 Å². The van der Waals surface area contributed by atoms with Crippen LogP contribution in [0.5, 0.6) is 0 Å². The first-order chi connectivity index (χ1) is 8.15. The topological polar surface area (TPSA) is 17.8 Å². The fourth-order valence-corrected chi connectivity index (χ4v) is 2.31. The summed E-state index contributed by atoms with van der Waals surface area (Å²) in [5, 5.41) is 0. The Balaban J connectivity index is 2.16. The molecule has 1 fully saturated rings. The highest BCUT2D eigenvalue weighted by molar-refractivity contribution is 5.76. The van der Waals surface area contributed by atoms with E-state index in [0.717, 1.165) is 29.3 Å². The van der Waals surface area contributed by atoms with E-state index in [1.165, 1.54) is 18.9 Å². The van der Waals surface area contributed by atoms with Crippen LogP contribution in [0, 0.1) is 11.7 Å². The predicted octanol–water partition coefficient (Wildman–Crippen LogP) is 3.71. The maximum Gasteiger partial charge on any atom is 0.125 e. The van der Waals surface area contributed by atoms with Gasteiger partial charge in [-0.05, 0) is 37.0 Å². The van der Waals surface area contributed by atoms with Crippen LogP contribution in [-0.2, 0) is 6.54 Å². The molecule has 0 aliphatic heterocycles. The zero-order valence-electron chi connectivity index (χ0n) is 10.3. The number of fused-ring (bicyclic) bond motifs is 1. The number of hydrogen-bond donors (Lipinski definition) is 0. The molecular formula is C14H17FN2. The molecule has 1 aromatic carbocycles. The van der Waals surface area contributed by atoms with E-state index in [2.05, 4.69) is 23.4 Å². The fraction of sp³-hybridized carbons (Fsp3) is 0.500. The van der Waals surface area contributed by atoms with Crippen molar-refractivity contribution in [1.82, 2.24) is 9.55 Å². The first-order valence-corrected chi connectivity index (χ1v) is 6.31. The maximum absolute atomic E-state index is 13.3. The molecule has 1 aliphatic rings. The van der Waals surface area contributed by atoms with Gasteiger partial charge in [-0.2, -0.15) is 0 Å². The average molecular weight is 232 g/mol. The molecule has 0 N–H and O–H groups in total. The van der Waals surface area contributed by atoms with Crippen molar-refractivity contribution in [3.63, 3.8) is 0 Å². The zero-order valence-corrected chi connectivity index (χ0v) is 10.3. The molecule has 0 amide bonds. The summed E-state index contributed by atoms with van der Waals surface area (Å²) in [6, 6.07) is 4.87. The minimum atomic E-state index is -0.176. The van der Waals surface area contributed by atoms with Gasteiger partial charge in [-0.15, -0.1) is 0 Å². The fourth-order valence-electron chi connectivity index (χ4n) is 2.31. The molecule has 1 aromatic heterocycles. The van der Waals surface area contributed by atoms with E-state index in [1.54, 1.807) is 12.1 Å². The second-order valence-corrected chi connectivity index (χ2v) is 5.31. The van der Waals surface area contributed by atoms with Crippen LogP contribution in [0.3, 0.4) is 0 Å². The molecule has 3 heteroatoms. The van der Waals surface area contributed by atoms with E-state index < -0.39 is 0 Å². The molecule has 90 valence electrons. The summed E-state index contributed by atoms with van der Waals surface area (Å²) in [6.07, 6.45) is 2.60. The van der Waals surface area contributed by atoms with Gasteiger partial charge in [0, 0.05) is 12.5 Å². The van der Waals surface area contributed by atoms with Crippen LogP contribution in [0.2, 0.25) is 0 Å². The van der Waals surface area contributed by atoms with Crippen LogP contribution in [0.4, 0.5) is 4.39 Å². The third-order valence-electron chi connectivity index (χ3n) is 3.39. The molecule has 1 heterocycles. The van der Waals surface area contributed by atoms with Crippen LogP contribution in [0.25, 0.3) is 11.0 Å². The van der Waals surface area contributed by atoms with Crippen LogP contribution in [0.1, 0.15) is 38.4 Å². The lowest BCUT2D eigenvalue weighted by molar-refractivity contribution is 0.586. The summed E-state index contributed by atoms with van der Waals surface area (Å²) in [7, 11) is 0. The van der Waals surface area contributed by atoms with Crippen molar-refractivity contribution in [3.05, 3.63) is 29.8 Å². The molecule has 0 unspecified atom stereocenters. The van der Waals surface area contributed by atoms with Gasteiger partial charge in [0.15, 0.2) is 0 Å². The number of nitrogens with zero attached hydrogens (tertiary/aromatic N) is 2. The molecular weight excluding hydrogens is 215 g/mol. The Kier molecular flexibility index (Phi) is 2.42. The first-order valence-electron chi connectivity index (χ1n) is 6.31. The van der Waals surface area contributed by atoms with Crippen molar-refractivity contribution in [3.8, 4) is 0 Å². The van der Waals surface area contributed by atoms with Gasteiger partial charge in [0.1, 0.15) is 11.6 Å². The number of aromatic nitrogens is 2. The molecule has 1 saturated carbocycles. The van der Waals surface area contributed by atoms with Gasteiger partial charge in [0.05, 0.1) is 11.0 Å². The molecule has 2 nitrogen and oxygen atoms in total. The van der Waals surface area contributed by atoms with Crippen LogP contribution >= 0.6 is 0 Å². The second kappa shape index (κ2) is 3.83. The van der Waals surface area contributed by atoms with Crippen molar-refractivity contribution in [2.24, 2.45) is 5.92 Å². The van der Waals surface area contributed by atoms with E-state index in [4.69, 9.17) is 0 Å². The van der Waals surface area contributed by atoms with Gasteiger partial charge < -0.3 is 4.57 Å². The lowest BCUT2D eigenvalue weighted by Crippen LogP contribution is -2.06. The summed E-state index contributed by atoms with van der Waals surface area (Å²) in [5.74, 6) is 2.06. The summed E-state index contributed by atoms with van der Waals surface area (Å²) in [4.78, 5) is 4.63. The Morgan fingerprint density at radius 3 is 2.82 bits per heavy atom. The van der Waals surface area contributed by atoms with Crippen molar-refractivity contribution in [2.75, 3.05) is 0 Å². The molecule has 1 aliphatic carbocycles. The van der Waals surface area contributed by atoms with E-state index in [9.17, 15) is 4.39 Å². The molecule has 2 aromatic rings. The number of rotatable bonds is 3. The third kappa shape index (κ3) is 1.94. The summed E-state index contributed by atoms with van der Waals surface area (Å²) >= 11 is 0. The van der Waals surface area contributed by atoms with E-state index in [1.807, 2.05) is 0 Å². The zero-order chi connectivity index (χ0) is 12.0. The third-order valence-corrected chi connectivity index (χ3v) is 3.39. The van der Waals surface area contributed by atoms with Gasteiger partial charge in [-0.1, -0.05) is 13.8 Å². The number of benzene rings is 1. The Labute approximate surface area is 100 Å². The number of hydrogen-bond acceptors (Lipinski definition) is 1. The minimum absolute atomic E-state index is 0.176. The highest BCUT2D eigenvalue weighted by atomic mass is 19.1. The molecule has 0 spiro atoms. The van der Waals surface area contributed by atoms with Gasteiger partial charge in [-0.25, -0.2) is 9.37 Å². The van der Waals surface area contributed by atoms with Gasteiger partial charge in [-0.3, -0.25) is 0 Å². The van der Waals surface area contributed by atoms with Crippen LogP contribution in [-0.4, -0.2) is 9.55 Å². The summed E-state index contributed by atoms with van der Waals surface area (Å²) in [5.41, 5.74) is 1.86. The largest absolute Gasteiger partial charge is 0.327 e. The highest BCUT2D eigenvalue weighted by Crippen LogP contribution is 2.33. The van der Waals surface area contributed by atoms with Crippen molar-refractivity contribution in [1.29, 1.82) is 0 Å². The molecule has 0 bridgehead atoms. The Morgan fingerprint density at radius 1 is 1.41 bits per heavy atom. The first kappa shape index (κ1) is 10.8. The normalized spacial score (nSPS) is 16.0. The van der Waals surface area contributed by atoms with E-state index in [-0.39, 0.29) is 5.82 Å².